The van der Waals surface area contributed by atoms with E-state index in [9.17, 15) is 4.79 Å². The Kier molecular flexibility index (Phi) is 1.18. The first-order valence-electron chi connectivity index (χ1n) is 3.23. The highest BCUT2D eigenvalue weighted by Gasteiger charge is 2.35. The van der Waals surface area contributed by atoms with Crippen molar-refractivity contribution in [2.45, 2.75) is 12.5 Å². The monoisotopic (exact) mass is 143 g/mol. The van der Waals surface area contributed by atoms with Crippen LogP contribution in [0.5, 0.6) is 0 Å². The number of thioether (sulfide) groups is 1. The van der Waals surface area contributed by atoms with Gasteiger partial charge in [0.15, 0.2) is 0 Å². The van der Waals surface area contributed by atoms with E-state index in [1.165, 1.54) is 5.75 Å². The molecule has 0 aromatic heterocycles. The molecule has 0 aromatic rings. The van der Waals surface area contributed by atoms with Crippen LogP contribution < -0.4 is 5.32 Å². The van der Waals surface area contributed by atoms with Gasteiger partial charge in [-0.25, -0.2) is 0 Å². The Hall–Kier alpha value is -0.180. The van der Waals surface area contributed by atoms with Gasteiger partial charge in [0.25, 0.3) is 0 Å². The van der Waals surface area contributed by atoms with E-state index in [2.05, 4.69) is 5.32 Å². The largest absolute Gasteiger partial charge is 0.352 e. The summed E-state index contributed by atoms with van der Waals surface area (Å²) in [5, 5.41) is 2.96. The fourth-order valence-electron chi connectivity index (χ4n) is 1.46. The van der Waals surface area contributed by atoms with Crippen LogP contribution >= 0.6 is 11.8 Å². The van der Waals surface area contributed by atoms with Gasteiger partial charge in [-0.05, 0) is 11.7 Å². The van der Waals surface area contributed by atoms with E-state index in [0.717, 1.165) is 12.2 Å². The third-order valence-electron chi connectivity index (χ3n) is 1.99. The number of carbonyl (C=O) groups is 1. The molecule has 2 aliphatic rings. The van der Waals surface area contributed by atoms with Gasteiger partial charge in [-0.1, -0.05) is 0 Å². The molecule has 2 nitrogen and oxygen atoms in total. The van der Waals surface area contributed by atoms with Gasteiger partial charge in [-0.2, -0.15) is 11.8 Å². The molecule has 0 radical (unpaired) electrons. The predicted molar refractivity (Wildman–Crippen MR) is 37.4 cm³/mol. The summed E-state index contributed by atoms with van der Waals surface area (Å²) in [5.74, 6) is 3.23. The van der Waals surface area contributed by atoms with Gasteiger partial charge in [0.05, 0.1) is 0 Å². The molecule has 2 fully saturated rings. The third-order valence-corrected chi connectivity index (χ3v) is 3.25. The van der Waals surface area contributed by atoms with Crippen molar-refractivity contribution in [3.8, 4) is 0 Å². The molecule has 0 aromatic carbocycles. The maximum atomic E-state index is 10.7. The number of carbonyl (C=O) groups excluding carboxylic acids is 1. The highest BCUT2D eigenvalue weighted by Crippen LogP contribution is 2.30. The number of rotatable bonds is 0. The summed E-state index contributed by atoms with van der Waals surface area (Å²) in [5.41, 5.74) is 0. The van der Waals surface area contributed by atoms with E-state index in [-0.39, 0.29) is 5.91 Å². The SMILES string of the molecule is O=C1CC2CSCC2N1. The minimum absolute atomic E-state index is 0.255. The average molecular weight is 143 g/mol. The Bertz CT molecular complexity index is 134. The standard InChI is InChI=1S/C6H9NOS/c8-6-1-4-2-9-3-5(4)7-6/h4-5H,1-3H2,(H,7,8). The summed E-state index contributed by atoms with van der Waals surface area (Å²) in [7, 11) is 0. The molecule has 0 saturated carbocycles. The molecule has 0 bridgehead atoms. The first-order valence-corrected chi connectivity index (χ1v) is 4.39. The number of fused-ring (bicyclic) bond motifs is 1. The lowest BCUT2D eigenvalue weighted by Crippen LogP contribution is -2.27. The van der Waals surface area contributed by atoms with Crippen molar-refractivity contribution in [1.82, 2.24) is 5.32 Å². The summed E-state index contributed by atoms with van der Waals surface area (Å²) < 4.78 is 0. The fraction of sp³-hybridized carbons (Fsp3) is 0.833. The molecule has 2 heterocycles. The second kappa shape index (κ2) is 1.90. The van der Waals surface area contributed by atoms with Crippen LogP contribution in [0.25, 0.3) is 0 Å². The number of hydrogen-bond acceptors (Lipinski definition) is 2. The first-order chi connectivity index (χ1) is 4.36. The molecule has 2 rings (SSSR count). The quantitative estimate of drug-likeness (QED) is 0.526. The topological polar surface area (TPSA) is 29.1 Å². The van der Waals surface area contributed by atoms with Gasteiger partial charge < -0.3 is 5.32 Å². The Morgan fingerprint density at radius 2 is 2.44 bits per heavy atom. The molecule has 2 saturated heterocycles. The Morgan fingerprint density at radius 3 is 3.22 bits per heavy atom. The number of hydrogen-bond donors (Lipinski definition) is 1. The van der Waals surface area contributed by atoms with Crippen molar-refractivity contribution < 1.29 is 4.79 Å². The molecule has 0 aliphatic carbocycles. The molecule has 0 spiro atoms. The van der Waals surface area contributed by atoms with Gasteiger partial charge in [-0.15, -0.1) is 0 Å². The summed E-state index contributed by atoms with van der Waals surface area (Å²) >= 11 is 1.95. The van der Waals surface area contributed by atoms with E-state index in [0.29, 0.717) is 12.0 Å². The second-order valence-corrected chi connectivity index (χ2v) is 3.75. The molecule has 50 valence electrons. The molecular weight excluding hydrogens is 134 g/mol. The highest BCUT2D eigenvalue weighted by molar-refractivity contribution is 7.99. The summed E-state index contributed by atoms with van der Waals surface area (Å²) in [4.78, 5) is 10.7. The first kappa shape index (κ1) is 5.59. The number of amides is 1. The number of nitrogens with one attached hydrogen (secondary N) is 1. The lowest BCUT2D eigenvalue weighted by molar-refractivity contribution is -0.119. The van der Waals surface area contributed by atoms with Crippen LogP contribution in [-0.2, 0) is 4.79 Å². The van der Waals surface area contributed by atoms with Crippen molar-refractivity contribution in [2.24, 2.45) is 5.92 Å². The van der Waals surface area contributed by atoms with Gasteiger partial charge in [0.2, 0.25) is 5.91 Å². The minimum Gasteiger partial charge on any atom is -0.352 e. The van der Waals surface area contributed by atoms with Crippen LogP contribution in [0.2, 0.25) is 0 Å². The minimum atomic E-state index is 0.255. The van der Waals surface area contributed by atoms with Crippen LogP contribution in [0, 0.1) is 5.92 Å². The van der Waals surface area contributed by atoms with E-state index >= 15 is 0 Å². The summed E-state index contributed by atoms with van der Waals surface area (Å²) in [6, 6.07) is 0.516. The van der Waals surface area contributed by atoms with E-state index in [1.54, 1.807) is 0 Å². The molecule has 2 unspecified atom stereocenters. The maximum absolute atomic E-state index is 10.7. The predicted octanol–water partition coefficient (Wildman–Crippen LogP) is 0.238. The smallest absolute Gasteiger partial charge is 0.220 e. The van der Waals surface area contributed by atoms with Gasteiger partial charge >= 0.3 is 0 Å². The molecule has 2 atom stereocenters. The third kappa shape index (κ3) is 0.834. The lowest BCUT2D eigenvalue weighted by Gasteiger charge is -2.03. The van der Waals surface area contributed by atoms with E-state index in [1.807, 2.05) is 11.8 Å². The van der Waals surface area contributed by atoms with Crippen molar-refractivity contribution >= 4 is 17.7 Å². The molecule has 2 aliphatic heterocycles. The van der Waals surface area contributed by atoms with Crippen molar-refractivity contribution in [1.29, 1.82) is 0 Å². The van der Waals surface area contributed by atoms with Crippen molar-refractivity contribution in [2.75, 3.05) is 11.5 Å². The molecule has 3 heteroatoms. The zero-order chi connectivity index (χ0) is 6.27. The van der Waals surface area contributed by atoms with Crippen molar-refractivity contribution in [3.63, 3.8) is 0 Å². The zero-order valence-corrected chi connectivity index (χ0v) is 5.91. The second-order valence-electron chi connectivity index (χ2n) is 2.68. The Labute approximate surface area is 58.4 Å². The normalized spacial score (nSPS) is 40.7. The van der Waals surface area contributed by atoms with Crippen LogP contribution in [0.1, 0.15) is 6.42 Å². The molecular formula is C6H9NOS. The van der Waals surface area contributed by atoms with Gasteiger partial charge in [-0.3, -0.25) is 4.79 Å². The van der Waals surface area contributed by atoms with Crippen LogP contribution in [0.15, 0.2) is 0 Å². The van der Waals surface area contributed by atoms with E-state index < -0.39 is 0 Å². The zero-order valence-electron chi connectivity index (χ0n) is 5.09. The average Bonchev–Trinajstić information content (AvgIpc) is 2.22. The Morgan fingerprint density at radius 1 is 1.56 bits per heavy atom. The van der Waals surface area contributed by atoms with Crippen LogP contribution in [0.4, 0.5) is 0 Å². The lowest BCUT2D eigenvalue weighted by atomic mass is 10.1. The molecule has 1 amide bonds. The summed E-state index contributed by atoms with van der Waals surface area (Å²) in [6.45, 7) is 0. The van der Waals surface area contributed by atoms with Crippen LogP contribution in [-0.4, -0.2) is 23.5 Å². The van der Waals surface area contributed by atoms with Gasteiger partial charge in [0, 0.05) is 18.2 Å². The fourth-order valence-corrected chi connectivity index (χ4v) is 2.86. The summed E-state index contributed by atoms with van der Waals surface area (Å²) in [6.07, 6.45) is 0.775. The maximum Gasteiger partial charge on any atom is 0.220 e. The molecule has 1 N–H and O–H groups in total. The highest BCUT2D eigenvalue weighted by atomic mass is 32.2. The Balaban J connectivity index is 2.09. The van der Waals surface area contributed by atoms with Crippen molar-refractivity contribution in [3.05, 3.63) is 0 Å². The molecule has 9 heavy (non-hydrogen) atoms. The van der Waals surface area contributed by atoms with Crippen LogP contribution in [0.3, 0.4) is 0 Å². The van der Waals surface area contributed by atoms with Gasteiger partial charge in [0.1, 0.15) is 0 Å². The van der Waals surface area contributed by atoms with E-state index in [4.69, 9.17) is 0 Å².